The lowest BCUT2D eigenvalue weighted by Gasteiger charge is -2.12. The third kappa shape index (κ3) is 4.61. The Hall–Kier alpha value is -1.79. The molecule has 1 amide bonds. The number of amides is 1. The minimum Gasteiger partial charge on any atom is -0.352 e. The molecule has 0 spiro atoms. The van der Waals surface area contributed by atoms with Gasteiger partial charge in [0.15, 0.2) is 11.0 Å². The monoisotopic (exact) mass is 364 g/mol. The first-order chi connectivity index (χ1) is 11.6. The van der Waals surface area contributed by atoms with Crippen molar-refractivity contribution in [3.05, 3.63) is 41.9 Å². The minimum absolute atomic E-state index is 0.0426. The molecule has 0 unspecified atom stereocenters. The van der Waals surface area contributed by atoms with Gasteiger partial charge in [0.2, 0.25) is 5.91 Å². The number of hydrogen-bond acceptors (Lipinski definition) is 4. The van der Waals surface area contributed by atoms with Crippen molar-refractivity contribution in [1.29, 1.82) is 0 Å². The van der Waals surface area contributed by atoms with Gasteiger partial charge in [0, 0.05) is 23.7 Å². The van der Waals surface area contributed by atoms with Crippen LogP contribution >= 0.6 is 23.4 Å². The van der Waals surface area contributed by atoms with E-state index < -0.39 is 0 Å². The molecule has 7 heteroatoms. The molecule has 0 radical (unpaired) electrons. The second-order valence-corrected chi connectivity index (χ2v) is 7.00. The summed E-state index contributed by atoms with van der Waals surface area (Å²) in [7, 11) is 0. The quantitative estimate of drug-likeness (QED) is 0.571. The normalized spacial score (nSPS) is 12.0. The first kappa shape index (κ1) is 18.5. The Labute approximate surface area is 151 Å². The summed E-state index contributed by atoms with van der Waals surface area (Å²) < 4.78 is 2.05. The number of hydrogen-bond donors (Lipinski definition) is 1. The van der Waals surface area contributed by atoms with Crippen LogP contribution in [0.15, 0.2) is 42.1 Å². The summed E-state index contributed by atoms with van der Waals surface area (Å²) in [6.45, 7) is 8.80. The number of nitrogens with one attached hydrogen (secondary N) is 1. The molecular weight excluding hydrogens is 344 g/mol. The molecule has 1 aromatic carbocycles. The lowest BCUT2D eigenvalue weighted by atomic mass is 10.2. The number of carbonyl (C=O) groups excluding carboxylic acids is 1. The van der Waals surface area contributed by atoms with Crippen molar-refractivity contribution >= 4 is 29.3 Å². The summed E-state index contributed by atoms with van der Waals surface area (Å²) in [6, 6.07) is 7.51. The summed E-state index contributed by atoms with van der Waals surface area (Å²) in [5, 5.41) is 12.5. The van der Waals surface area contributed by atoms with Gasteiger partial charge >= 0.3 is 0 Å². The first-order valence-corrected chi connectivity index (χ1v) is 9.07. The SMILES string of the molecule is C=CCNC(=O)[C@@H](C)Sc1nnc(-c2ccc(Cl)cc2)n1CCC. The molecule has 0 fully saturated rings. The van der Waals surface area contributed by atoms with Crippen molar-refractivity contribution in [2.45, 2.75) is 37.2 Å². The highest BCUT2D eigenvalue weighted by Crippen LogP contribution is 2.27. The molecule has 1 aromatic heterocycles. The van der Waals surface area contributed by atoms with Crippen LogP contribution in [0.4, 0.5) is 0 Å². The Bertz CT molecular complexity index is 699. The largest absolute Gasteiger partial charge is 0.352 e. The third-order valence-electron chi connectivity index (χ3n) is 3.34. The average molecular weight is 365 g/mol. The molecule has 1 heterocycles. The van der Waals surface area contributed by atoms with Gasteiger partial charge in [-0.25, -0.2) is 0 Å². The van der Waals surface area contributed by atoms with Crippen LogP contribution in [-0.2, 0) is 11.3 Å². The molecule has 1 N–H and O–H groups in total. The van der Waals surface area contributed by atoms with E-state index in [0.717, 1.165) is 29.5 Å². The van der Waals surface area contributed by atoms with E-state index in [4.69, 9.17) is 11.6 Å². The summed E-state index contributed by atoms with van der Waals surface area (Å²) >= 11 is 7.36. The van der Waals surface area contributed by atoms with Gasteiger partial charge in [-0.3, -0.25) is 4.79 Å². The fourth-order valence-corrected chi connectivity index (χ4v) is 3.17. The van der Waals surface area contributed by atoms with Crippen LogP contribution < -0.4 is 5.32 Å². The van der Waals surface area contributed by atoms with E-state index in [2.05, 4.69) is 29.0 Å². The molecule has 0 aliphatic heterocycles. The van der Waals surface area contributed by atoms with E-state index >= 15 is 0 Å². The van der Waals surface area contributed by atoms with Crippen LogP contribution in [0, 0.1) is 0 Å². The highest BCUT2D eigenvalue weighted by molar-refractivity contribution is 8.00. The number of rotatable bonds is 8. The highest BCUT2D eigenvalue weighted by Gasteiger charge is 2.20. The van der Waals surface area contributed by atoms with E-state index in [0.29, 0.717) is 11.6 Å². The van der Waals surface area contributed by atoms with Gasteiger partial charge in [0.1, 0.15) is 0 Å². The van der Waals surface area contributed by atoms with Gasteiger partial charge in [-0.1, -0.05) is 36.4 Å². The molecule has 0 saturated carbocycles. The zero-order valence-electron chi connectivity index (χ0n) is 13.8. The Kier molecular flexibility index (Phi) is 6.87. The number of nitrogens with zero attached hydrogens (tertiary/aromatic N) is 3. The lowest BCUT2D eigenvalue weighted by molar-refractivity contribution is -0.120. The van der Waals surface area contributed by atoms with Crippen LogP contribution in [0.1, 0.15) is 20.3 Å². The Morgan fingerprint density at radius 1 is 1.42 bits per heavy atom. The molecule has 0 aliphatic rings. The van der Waals surface area contributed by atoms with Crippen LogP contribution in [0.2, 0.25) is 5.02 Å². The highest BCUT2D eigenvalue weighted by atomic mass is 35.5. The molecular formula is C17H21ClN4OS. The molecule has 2 aromatic rings. The summed E-state index contributed by atoms with van der Waals surface area (Å²) in [4.78, 5) is 12.0. The topological polar surface area (TPSA) is 59.8 Å². The number of carbonyl (C=O) groups is 1. The molecule has 128 valence electrons. The molecule has 5 nitrogen and oxygen atoms in total. The molecule has 0 saturated heterocycles. The standard InChI is InChI=1S/C17H21ClN4OS/c1-4-10-19-16(23)12(3)24-17-21-20-15(22(17)11-5-2)13-6-8-14(18)9-7-13/h4,6-9,12H,1,5,10-11H2,2-3H3,(H,19,23)/t12-/m1/s1. The molecule has 24 heavy (non-hydrogen) atoms. The number of thioether (sulfide) groups is 1. The van der Waals surface area contributed by atoms with E-state index in [1.807, 2.05) is 35.8 Å². The Morgan fingerprint density at radius 2 is 2.12 bits per heavy atom. The fourth-order valence-electron chi connectivity index (χ4n) is 2.14. The van der Waals surface area contributed by atoms with Gasteiger partial charge in [0.25, 0.3) is 0 Å². The van der Waals surface area contributed by atoms with Crippen molar-refractivity contribution < 1.29 is 4.79 Å². The summed E-state index contributed by atoms with van der Waals surface area (Å²) in [6.07, 6.45) is 2.61. The smallest absolute Gasteiger partial charge is 0.233 e. The summed E-state index contributed by atoms with van der Waals surface area (Å²) in [5.74, 6) is 0.744. The molecule has 0 aliphatic carbocycles. The first-order valence-electron chi connectivity index (χ1n) is 7.81. The van der Waals surface area contributed by atoms with Crippen molar-refractivity contribution in [1.82, 2.24) is 20.1 Å². The lowest BCUT2D eigenvalue weighted by Crippen LogP contribution is -2.31. The second-order valence-electron chi connectivity index (χ2n) is 5.26. The van der Waals surface area contributed by atoms with E-state index in [1.165, 1.54) is 11.8 Å². The van der Waals surface area contributed by atoms with Crippen molar-refractivity contribution in [3.63, 3.8) is 0 Å². The molecule has 2 rings (SSSR count). The van der Waals surface area contributed by atoms with Crippen molar-refractivity contribution in [2.75, 3.05) is 6.54 Å². The van der Waals surface area contributed by atoms with Gasteiger partial charge in [0.05, 0.1) is 5.25 Å². The van der Waals surface area contributed by atoms with Crippen LogP contribution in [0.25, 0.3) is 11.4 Å². The van der Waals surface area contributed by atoms with Crippen LogP contribution in [-0.4, -0.2) is 32.5 Å². The third-order valence-corrected chi connectivity index (χ3v) is 4.67. The molecule has 1 atom stereocenters. The second kappa shape index (κ2) is 8.89. The van der Waals surface area contributed by atoms with Crippen LogP contribution in [0.3, 0.4) is 0 Å². The van der Waals surface area contributed by atoms with Crippen LogP contribution in [0.5, 0.6) is 0 Å². The van der Waals surface area contributed by atoms with Crippen molar-refractivity contribution in [3.8, 4) is 11.4 Å². The summed E-state index contributed by atoms with van der Waals surface area (Å²) in [5.41, 5.74) is 0.955. The predicted octanol–water partition coefficient (Wildman–Crippen LogP) is 3.79. The van der Waals surface area contributed by atoms with E-state index in [9.17, 15) is 4.79 Å². The van der Waals surface area contributed by atoms with Gasteiger partial charge in [-0.15, -0.1) is 16.8 Å². The average Bonchev–Trinajstić information content (AvgIpc) is 2.96. The minimum atomic E-state index is -0.261. The predicted molar refractivity (Wildman–Crippen MR) is 99.3 cm³/mol. The van der Waals surface area contributed by atoms with Crippen molar-refractivity contribution in [2.24, 2.45) is 0 Å². The fraction of sp³-hybridized carbons (Fsp3) is 0.353. The number of aromatic nitrogens is 3. The van der Waals surface area contributed by atoms with E-state index in [-0.39, 0.29) is 11.2 Å². The van der Waals surface area contributed by atoms with Gasteiger partial charge in [-0.05, 0) is 37.6 Å². The number of benzene rings is 1. The Balaban J connectivity index is 2.23. The Morgan fingerprint density at radius 3 is 2.75 bits per heavy atom. The van der Waals surface area contributed by atoms with Gasteiger partial charge in [-0.2, -0.15) is 0 Å². The van der Waals surface area contributed by atoms with Gasteiger partial charge < -0.3 is 9.88 Å². The number of halogens is 1. The zero-order valence-corrected chi connectivity index (χ0v) is 15.4. The maximum atomic E-state index is 12.0. The van der Waals surface area contributed by atoms with E-state index in [1.54, 1.807) is 6.08 Å². The molecule has 0 bridgehead atoms. The zero-order chi connectivity index (χ0) is 17.5. The maximum absolute atomic E-state index is 12.0. The maximum Gasteiger partial charge on any atom is 0.233 e.